The first kappa shape index (κ1) is 19.7. The molecule has 8 nitrogen and oxygen atoms in total. The number of carbonyl (C=O) groups is 1. The van der Waals surface area contributed by atoms with E-state index in [0.29, 0.717) is 35.7 Å². The van der Waals surface area contributed by atoms with Gasteiger partial charge in [-0.05, 0) is 56.2 Å². The lowest BCUT2D eigenvalue weighted by atomic mass is 9.64. The van der Waals surface area contributed by atoms with Crippen molar-refractivity contribution in [3.05, 3.63) is 59.8 Å². The lowest BCUT2D eigenvalue weighted by molar-refractivity contribution is -0.0677. The van der Waals surface area contributed by atoms with E-state index in [9.17, 15) is 4.79 Å². The van der Waals surface area contributed by atoms with Crippen LogP contribution in [0.5, 0.6) is 5.88 Å². The average Bonchev–Trinajstić information content (AvgIpc) is 3.27. The maximum Gasteiger partial charge on any atom is 0.275 e. The number of piperidine rings is 2. The predicted molar refractivity (Wildman–Crippen MR) is 114 cm³/mol. The summed E-state index contributed by atoms with van der Waals surface area (Å²) in [5.41, 5.74) is 2.84. The van der Waals surface area contributed by atoms with E-state index in [2.05, 4.69) is 27.1 Å². The Morgan fingerprint density at radius 1 is 1.13 bits per heavy atom. The molecule has 0 aromatic carbocycles. The van der Waals surface area contributed by atoms with Gasteiger partial charge in [0.2, 0.25) is 5.88 Å². The molecule has 0 radical (unpaired) electrons. The lowest BCUT2D eigenvalue weighted by Gasteiger charge is -2.57. The number of carbonyl (C=O) groups excluding carboxylic acids is 1. The molecule has 0 spiro atoms. The Morgan fingerprint density at radius 2 is 1.90 bits per heavy atom. The SMILES string of the molecule is Cc1ccc(OCC2C(C)C3CC(C3)N2C(=O)c2nc(C)ccc2-n2nccn2)nc1. The summed E-state index contributed by atoms with van der Waals surface area (Å²) in [6, 6.07) is 7.76. The molecule has 2 saturated heterocycles. The third-order valence-electron chi connectivity index (χ3n) is 6.62. The zero-order chi connectivity index (χ0) is 21.5. The van der Waals surface area contributed by atoms with Crippen LogP contribution in [0.2, 0.25) is 0 Å². The van der Waals surface area contributed by atoms with Crippen LogP contribution in [-0.2, 0) is 0 Å². The van der Waals surface area contributed by atoms with Crippen LogP contribution in [0, 0.1) is 25.7 Å². The molecule has 5 heterocycles. The Morgan fingerprint density at radius 3 is 2.61 bits per heavy atom. The van der Waals surface area contributed by atoms with Gasteiger partial charge in [0.05, 0.1) is 18.4 Å². The second-order valence-corrected chi connectivity index (χ2v) is 8.65. The van der Waals surface area contributed by atoms with Crippen LogP contribution in [0.25, 0.3) is 5.69 Å². The Hall–Kier alpha value is -3.29. The molecule has 1 aliphatic carbocycles. The molecule has 2 bridgehead atoms. The van der Waals surface area contributed by atoms with Crippen molar-refractivity contribution in [3.63, 3.8) is 0 Å². The van der Waals surface area contributed by atoms with E-state index < -0.39 is 0 Å². The molecule has 3 aromatic heterocycles. The first-order valence-electron chi connectivity index (χ1n) is 10.7. The molecule has 2 unspecified atom stereocenters. The highest BCUT2D eigenvalue weighted by Gasteiger charge is 2.51. The summed E-state index contributed by atoms with van der Waals surface area (Å²) >= 11 is 0. The maximum absolute atomic E-state index is 13.8. The molecule has 2 atom stereocenters. The predicted octanol–water partition coefficient (Wildman–Crippen LogP) is 2.99. The smallest absolute Gasteiger partial charge is 0.275 e. The van der Waals surface area contributed by atoms with Crippen molar-refractivity contribution in [3.8, 4) is 11.6 Å². The minimum Gasteiger partial charge on any atom is -0.475 e. The summed E-state index contributed by atoms with van der Waals surface area (Å²) in [7, 11) is 0. The molecule has 8 heteroatoms. The number of ether oxygens (including phenoxy) is 1. The Kier molecular flexibility index (Phi) is 4.92. The number of pyridine rings is 2. The zero-order valence-corrected chi connectivity index (χ0v) is 18.0. The monoisotopic (exact) mass is 418 g/mol. The second-order valence-electron chi connectivity index (χ2n) is 8.65. The van der Waals surface area contributed by atoms with Crippen LogP contribution in [-0.4, -0.2) is 54.5 Å². The molecule has 3 aliphatic rings. The number of aryl methyl sites for hydroxylation is 2. The average molecular weight is 419 g/mol. The van der Waals surface area contributed by atoms with Crippen LogP contribution < -0.4 is 4.74 Å². The van der Waals surface area contributed by atoms with E-state index >= 15 is 0 Å². The van der Waals surface area contributed by atoms with E-state index in [-0.39, 0.29) is 18.0 Å². The van der Waals surface area contributed by atoms with E-state index in [1.165, 1.54) is 4.80 Å². The van der Waals surface area contributed by atoms with Crippen molar-refractivity contribution >= 4 is 5.91 Å². The van der Waals surface area contributed by atoms with E-state index in [4.69, 9.17) is 4.74 Å². The molecule has 0 N–H and O–H groups in total. The molecule has 3 aromatic rings. The van der Waals surface area contributed by atoms with Gasteiger partial charge < -0.3 is 9.64 Å². The van der Waals surface area contributed by atoms with Crippen molar-refractivity contribution in [2.75, 3.05) is 6.61 Å². The highest BCUT2D eigenvalue weighted by Crippen LogP contribution is 2.47. The Balaban J connectivity index is 1.45. The van der Waals surface area contributed by atoms with Gasteiger partial charge in [0, 0.05) is 24.0 Å². The third kappa shape index (κ3) is 3.56. The number of aromatic nitrogens is 5. The standard InChI is InChI=1S/C23H26N6O2/c1-14-4-7-21(24-12-14)31-13-20-16(3)17-10-18(11-17)28(20)23(30)22-19(6-5-15(2)27-22)29-25-8-9-26-29/h4-9,12,16-18,20H,10-11,13H2,1-3H3. The highest BCUT2D eigenvalue weighted by atomic mass is 16.5. The van der Waals surface area contributed by atoms with E-state index in [1.807, 2.05) is 43.0 Å². The number of amides is 1. The summed E-state index contributed by atoms with van der Waals surface area (Å²) in [6.07, 6.45) is 7.05. The first-order chi connectivity index (χ1) is 15.0. The molecule has 31 heavy (non-hydrogen) atoms. The Bertz CT molecular complexity index is 1080. The van der Waals surface area contributed by atoms with Gasteiger partial charge in [-0.3, -0.25) is 4.79 Å². The fourth-order valence-electron chi connectivity index (χ4n) is 4.71. The number of fused-ring (bicyclic) bond motifs is 2. The van der Waals surface area contributed by atoms with Gasteiger partial charge in [0.25, 0.3) is 5.91 Å². The van der Waals surface area contributed by atoms with Crippen LogP contribution in [0.3, 0.4) is 0 Å². The van der Waals surface area contributed by atoms with Crippen molar-refractivity contribution in [1.29, 1.82) is 0 Å². The maximum atomic E-state index is 13.8. The van der Waals surface area contributed by atoms with Crippen LogP contribution in [0.4, 0.5) is 0 Å². The molecule has 1 saturated carbocycles. The van der Waals surface area contributed by atoms with Crippen LogP contribution >= 0.6 is 0 Å². The molecule has 3 fully saturated rings. The van der Waals surface area contributed by atoms with Gasteiger partial charge in [-0.25, -0.2) is 9.97 Å². The normalized spacial score (nSPS) is 24.5. The zero-order valence-electron chi connectivity index (χ0n) is 18.0. The van der Waals surface area contributed by atoms with Gasteiger partial charge in [0.1, 0.15) is 12.3 Å². The fourth-order valence-corrected chi connectivity index (χ4v) is 4.71. The van der Waals surface area contributed by atoms with Crippen molar-refractivity contribution in [1.82, 2.24) is 29.9 Å². The van der Waals surface area contributed by atoms with Crippen molar-refractivity contribution in [2.45, 2.75) is 45.7 Å². The number of nitrogens with zero attached hydrogens (tertiary/aromatic N) is 6. The summed E-state index contributed by atoms with van der Waals surface area (Å²) in [5, 5.41) is 8.42. The van der Waals surface area contributed by atoms with E-state index in [0.717, 1.165) is 24.1 Å². The quantitative estimate of drug-likeness (QED) is 0.633. The van der Waals surface area contributed by atoms with Gasteiger partial charge in [-0.1, -0.05) is 13.0 Å². The summed E-state index contributed by atoms with van der Waals surface area (Å²) in [4.78, 5) is 26.2. The largest absolute Gasteiger partial charge is 0.475 e. The van der Waals surface area contributed by atoms with Crippen LogP contribution in [0.15, 0.2) is 42.9 Å². The second kappa shape index (κ2) is 7.76. The fraction of sp³-hybridized carbons (Fsp3) is 0.435. The van der Waals surface area contributed by atoms with Crippen LogP contribution in [0.1, 0.15) is 41.5 Å². The number of hydrogen-bond acceptors (Lipinski definition) is 6. The lowest BCUT2D eigenvalue weighted by Crippen LogP contribution is -2.64. The van der Waals surface area contributed by atoms with E-state index in [1.54, 1.807) is 18.6 Å². The summed E-state index contributed by atoms with van der Waals surface area (Å²) in [6.45, 7) is 6.52. The minimum atomic E-state index is -0.0866. The van der Waals surface area contributed by atoms with Gasteiger partial charge in [-0.2, -0.15) is 10.2 Å². The minimum absolute atomic E-state index is 0.0335. The molecular weight excluding hydrogens is 392 g/mol. The topological polar surface area (TPSA) is 86.0 Å². The first-order valence-corrected chi connectivity index (χ1v) is 10.7. The molecule has 160 valence electrons. The Labute approximate surface area is 181 Å². The van der Waals surface area contributed by atoms with Gasteiger partial charge >= 0.3 is 0 Å². The van der Waals surface area contributed by atoms with Gasteiger partial charge in [-0.15, -0.1) is 4.80 Å². The molecule has 1 amide bonds. The van der Waals surface area contributed by atoms with Crippen molar-refractivity contribution < 1.29 is 9.53 Å². The summed E-state index contributed by atoms with van der Waals surface area (Å²) in [5.74, 6) is 1.47. The third-order valence-corrected chi connectivity index (χ3v) is 6.62. The molecular formula is C23H26N6O2. The summed E-state index contributed by atoms with van der Waals surface area (Å²) < 4.78 is 6.03. The van der Waals surface area contributed by atoms with Crippen molar-refractivity contribution in [2.24, 2.45) is 11.8 Å². The highest BCUT2D eigenvalue weighted by molar-refractivity contribution is 5.96. The van der Waals surface area contributed by atoms with Gasteiger partial charge in [0.15, 0.2) is 5.69 Å². The molecule has 2 aliphatic heterocycles. The number of hydrogen-bond donors (Lipinski definition) is 0. The molecule has 6 rings (SSSR count). The number of rotatable bonds is 5.